The predicted octanol–water partition coefficient (Wildman–Crippen LogP) is 3.82. The Morgan fingerprint density at radius 2 is 2.00 bits per heavy atom. The van der Waals surface area contributed by atoms with Crippen molar-refractivity contribution < 1.29 is 14.3 Å². The summed E-state index contributed by atoms with van der Waals surface area (Å²) >= 11 is 5.81. The van der Waals surface area contributed by atoms with Crippen molar-refractivity contribution >= 4 is 23.7 Å². The lowest BCUT2D eigenvalue weighted by Gasteiger charge is -2.13. The first-order valence-corrected chi connectivity index (χ1v) is 8.06. The monoisotopic (exact) mass is 358 g/mol. The Balaban J connectivity index is 1.91. The highest BCUT2D eigenvalue weighted by Gasteiger charge is 2.13. The van der Waals surface area contributed by atoms with Crippen LogP contribution in [0, 0.1) is 0 Å². The summed E-state index contributed by atoms with van der Waals surface area (Å²) in [6.07, 6.45) is 2.47. The minimum atomic E-state index is -0.703. The third-order valence-corrected chi connectivity index (χ3v) is 3.40. The first-order valence-electron chi connectivity index (χ1n) is 7.68. The number of hydrazone groups is 1. The third kappa shape index (κ3) is 5.97. The van der Waals surface area contributed by atoms with E-state index in [2.05, 4.69) is 17.1 Å². The average molecular weight is 359 g/mol. The average Bonchev–Trinajstić information content (AvgIpc) is 2.62. The van der Waals surface area contributed by atoms with Crippen molar-refractivity contribution in [2.45, 2.75) is 13.0 Å². The summed E-state index contributed by atoms with van der Waals surface area (Å²) in [5, 5.41) is 4.56. The summed E-state index contributed by atoms with van der Waals surface area (Å²) in [6.45, 7) is 5.64. The number of rotatable bonds is 8. The van der Waals surface area contributed by atoms with Gasteiger partial charge in [0.05, 0.1) is 6.21 Å². The van der Waals surface area contributed by atoms with Crippen molar-refractivity contribution in [3.63, 3.8) is 0 Å². The molecule has 0 saturated heterocycles. The topological polar surface area (TPSA) is 59.9 Å². The maximum atomic E-state index is 12.0. The van der Waals surface area contributed by atoms with Gasteiger partial charge in [-0.25, -0.2) is 5.43 Å². The molecule has 1 N–H and O–H groups in total. The minimum Gasteiger partial charge on any atom is -0.489 e. The number of nitrogens with one attached hydrogen (secondary N) is 1. The van der Waals surface area contributed by atoms with Crippen LogP contribution in [-0.4, -0.2) is 24.8 Å². The second-order valence-electron chi connectivity index (χ2n) is 5.09. The predicted molar refractivity (Wildman–Crippen MR) is 99.4 cm³/mol. The van der Waals surface area contributed by atoms with Crippen molar-refractivity contribution in [2.75, 3.05) is 6.61 Å². The largest absolute Gasteiger partial charge is 0.489 e. The zero-order valence-corrected chi connectivity index (χ0v) is 14.6. The highest BCUT2D eigenvalue weighted by Crippen LogP contribution is 2.17. The molecular formula is C19H19ClN2O3. The van der Waals surface area contributed by atoms with Crippen molar-refractivity contribution in [3.8, 4) is 11.5 Å². The molecule has 130 valence electrons. The van der Waals surface area contributed by atoms with Gasteiger partial charge in [-0.15, -0.1) is 0 Å². The van der Waals surface area contributed by atoms with Crippen LogP contribution < -0.4 is 14.9 Å². The van der Waals surface area contributed by atoms with Crippen molar-refractivity contribution in [1.82, 2.24) is 5.43 Å². The Labute approximate surface area is 151 Å². The maximum Gasteiger partial charge on any atom is 0.280 e. The third-order valence-electron chi connectivity index (χ3n) is 3.15. The molecule has 0 bridgehead atoms. The molecule has 2 aromatic rings. The molecule has 0 aromatic heterocycles. The van der Waals surface area contributed by atoms with Crippen molar-refractivity contribution in [2.24, 2.45) is 5.10 Å². The van der Waals surface area contributed by atoms with Crippen LogP contribution in [0.25, 0.3) is 0 Å². The van der Waals surface area contributed by atoms with Crippen LogP contribution in [0.5, 0.6) is 11.5 Å². The normalized spacial score (nSPS) is 11.8. The number of ether oxygens (including phenoxy) is 2. The van der Waals surface area contributed by atoms with E-state index in [4.69, 9.17) is 21.1 Å². The van der Waals surface area contributed by atoms with Crippen LogP contribution in [0.1, 0.15) is 12.5 Å². The van der Waals surface area contributed by atoms with E-state index in [1.807, 2.05) is 24.3 Å². The van der Waals surface area contributed by atoms with Crippen molar-refractivity contribution in [3.05, 3.63) is 71.8 Å². The van der Waals surface area contributed by atoms with E-state index in [1.165, 1.54) is 6.21 Å². The van der Waals surface area contributed by atoms with Gasteiger partial charge in [0.1, 0.15) is 18.1 Å². The Hall–Kier alpha value is -2.79. The summed E-state index contributed by atoms with van der Waals surface area (Å²) in [5.74, 6) is 0.848. The number of amides is 1. The van der Waals surface area contributed by atoms with E-state index >= 15 is 0 Å². The minimum absolute atomic E-state index is 0.365. The number of carbonyl (C=O) groups is 1. The molecule has 2 aromatic carbocycles. The number of para-hydroxylation sites is 1. The molecule has 0 radical (unpaired) electrons. The number of nitrogens with zero attached hydrogens (tertiary/aromatic N) is 1. The summed E-state index contributed by atoms with van der Waals surface area (Å²) in [7, 11) is 0. The molecule has 5 nitrogen and oxygen atoms in total. The Morgan fingerprint density at radius 1 is 1.28 bits per heavy atom. The Bertz CT molecular complexity index is 745. The molecule has 1 unspecified atom stereocenters. The number of carbonyl (C=O) groups excluding carboxylic acids is 1. The van der Waals surface area contributed by atoms with Gasteiger partial charge in [0, 0.05) is 10.6 Å². The van der Waals surface area contributed by atoms with Crippen LogP contribution in [0.3, 0.4) is 0 Å². The van der Waals surface area contributed by atoms with Crippen molar-refractivity contribution in [1.29, 1.82) is 0 Å². The molecule has 0 aliphatic carbocycles. The number of benzene rings is 2. The molecule has 0 heterocycles. The molecular weight excluding hydrogens is 340 g/mol. The van der Waals surface area contributed by atoms with Crippen LogP contribution in [0.2, 0.25) is 5.02 Å². The van der Waals surface area contributed by atoms with Crippen LogP contribution in [-0.2, 0) is 4.79 Å². The SMILES string of the molecule is C=CCOc1ccccc1C=NNC(=O)C(C)Oc1ccc(Cl)cc1. The fraction of sp³-hybridized carbons (Fsp3) is 0.158. The maximum absolute atomic E-state index is 12.0. The molecule has 0 spiro atoms. The first kappa shape index (κ1) is 18.5. The van der Waals surface area contributed by atoms with Gasteiger partial charge >= 0.3 is 0 Å². The second-order valence-corrected chi connectivity index (χ2v) is 5.52. The zero-order valence-electron chi connectivity index (χ0n) is 13.8. The Morgan fingerprint density at radius 3 is 2.72 bits per heavy atom. The van der Waals surface area contributed by atoms with E-state index < -0.39 is 6.10 Å². The quantitative estimate of drug-likeness (QED) is 0.443. The fourth-order valence-electron chi connectivity index (χ4n) is 1.89. The molecule has 6 heteroatoms. The van der Waals surface area contributed by atoms with E-state index in [-0.39, 0.29) is 5.91 Å². The van der Waals surface area contributed by atoms with Gasteiger partial charge in [-0.05, 0) is 43.3 Å². The molecule has 0 aliphatic rings. The lowest BCUT2D eigenvalue weighted by Crippen LogP contribution is -2.33. The zero-order chi connectivity index (χ0) is 18.1. The molecule has 25 heavy (non-hydrogen) atoms. The lowest BCUT2D eigenvalue weighted by atomic mass is 10.2. The number of hydrogen-bond donors (Lipinski definition) is 1. The van der Waals surface area contributed by atoms with Gasteiger partial charge in [0.2, 0.25) is 0 Å². The summed E-state index contributed by atoms with van der Waals surface area (Å²) in [5.41, 5.74) is 3.20. The first-order chi connectivity index (χ1) is 12.1. The Kier molecular flexibility index (Phi) is 7.04. The fourth-order valence-corrected chi connectivity index (χ4v) is 2.02. The smallest absolute Gasteiger partial charge is 0.280 e. The second kappa shape index (κ2) is 9.49. The lowest BCUT2D eigenvalue weighted by molar-refractivity contribution is -0.127. The summed E-state index contributed by atoms with van der Waals surface area (Å²) in [6, 6.07) is 14.2. The molecule has 1 amide bonds. The van der Waals surface area contributed by atoms with Gasteiger partial charge in [-0.1, -0.05) is 36.4 Å². The van der Waals surface area contributed by atoms with Gasteiger partial charge in [0.15, 0.2) is 6.10 Å². The van der Waals surface area contributed by atoms with Gasteiger partial charge in [0.25, 0.3) is 5.91 Å². The molecule has 1 atom stereocenters. The van der Waals surface area contributed by atoms with E-state index in [1.54, 1.807) is 37.3 Å². The summed E-state index contributed by atoms with van der Waals surface area (Å²) in [4.78, 5) is 12.0. The molecule has 0 fully saturated rings. The summed E-state index contributed by atoms with van der Waals surface area (Å²) < 4.78 is 11.1. The van der Waals surface area contributed by atoms with E-state index in [0.29, 0.717) is 23.1 Å². The van der Waals surface area contributed by atoms with Gasteiger partial charge < -0.3 is 9.47 Å². The van der Waals surface area contributed by atoms with E-state index in [0.717, 1.165) is 5.56 Å². The number of hydrogen-bond acceptors (Lipinski definition) is 4. The highest BCUT2D eigenvalue weighted by molar-refractivity contribution is 6.30. The molecule has 0 aliphatic heterocycles. The molecule has 2 rings (SSSR count). The van der Waals surface area contributed by atoms with Crippen LogP contribution in [0.15, 0.2) is 66.3 Å². The van der Waals surface area contributed by atoms with Gasteiger partial charge in [-0.3, -0.25) is 4.79 Å². The van der Waals surface area contributed by atoms with Crippen LogP contribution in [0.4, 0.5) is 0 Å². The highest BCUT2D eigenvalue weighted by atomic mass is 35.5. The standard InChI is InChI=1S/C19H19ClN2O3/c1-3-12-24-18-7-5-4-6-15(18)13-21-22-19(23)14(2)25-17-10-8-16(20)9-11-17/h3-11,13-14H,1,12H2,2H3,(H,22,23). The van der Waals surface area contributed by atoms with Crippen LogP contribution >= 0.6 is 11.6 Å². The van der Waals surface area contributed by atoms with Gasteiger partial charge in [-0.2, -0.15) is 5.10 Å². The molecule has 0 saturated carbocycles. The number of halogens is 1. The van der Waals surface area contributed by atoms with E-state index in [9.17, 15) is 4.79 Å².